The minimum atomic E-state index is -1.47. The Morgan fingerprint density at radius 2 is 1.49 bits per heavy atom. The highest BCUT2D eigenvalue weighted by Crippen LogP contribution is 2.47. The molecule has 8 nitrogen and oxygen atoms in total. The topological polar surface area (TPSA) is 82.4 Å². The number of rotatable bonds is 19. The molecule has 0 N–H and O–H groups in total. The van der Waals surface area contributed by atoms with Gasteiger partial charge in [0.15, 0.2) is 0 Å². The van der Waals surface area contributed by atoms with Crippen LogP contribution < -0.4 is 9.47 Å². The summed E-state index contributed by atoms with van der Waals surface area (Å²) in [5.41, 5.74) is 1.93. The molecule has 0 saturated heterocycles. The fraction of sp³-hybridized carbons (Fsp3) is 0.472. The molecule has 0 fully saturated rings. The third-order valence-electron chi connectivity index (χ3n) is 7.32. The fourth-order valence-corrected chi connectivity index (χ4v) is 6.90. The van der Waals surface area contributed by atoms with E-state index in [1.807, 2.05) is 48.5 Å². The van der Waals surface area contributed by atoms with Crippen LogP contribution in [0.2, 0.25) is 0 Å². The van der Waals surface area contributed by atoms with E-state index >= 15 is 0 Å². The maximum Gasteiger partial charge on any atom is 0.259 e. The van der Waals surface area contributed by atoms with Crippen LogP contribution in [0.25, 0.3) is 0 Å². The molecule has 2 aromatic carbocycles. The van der Waals surface area contributed by atoms with Crippen molar-refractivity contribution in [1.82, 2.24) is 4.67 Å². The van der Waals surface area contributed by atoms with Crippen molar-refractivity contribution >= 4 is 8.53 Å². The van der Waals surface area contributed by atoms with Gasteiger partial charge in [0.05, 0.1) is 46.5 Å². The predicted octanol–water partition coefficient (Wildman–Crippen LogP) is 7.55. The number of nitriles is 1. The summed E-state index contributed by atoms with van der Waals surface area (Å²) >= 11 is 0. The molecule has 0 aromatic heterocycles. The van der Waals surface area contributed by atoms with Crippen LogP contribution in [0.3, 0.4) is 0 Å². The molecule has 0 spiro atoms. The van der Waals surface area contributed by atoms with Gasteiger partial charge < -0.3 is 28.0 Å². The fourth-order valence-electron chi connectivity index (χ4n) is 5.26. The Morgan fingerprint density at radius 1 is 0.889 bits per heavy atom. The van der Waals surface area contributed by atoms with E-state index in [4.69, 9.17) is 39.7 Å². The third-order valence-corrected chi connectivity index (χ3v) is 9.39. The third kappa shape index (κ3) is 9.89. The van der Waals surface area contributed by atoms with Crippen molar-refractivity contribution in [3.8, 4) is 29.9 Å². The van der Waals surface area contributed by atoms with Gasteiger partial charge in [-0.3, -0.25) is 0 Å². The zero-order chi connectivity index (χ0) is 32.7. The first-order valence-electron chi connectivity index (χ1n) is 15.4. The lowest BCUT2D eigenvalue weighted by molar-refractivity contribution is -0.0722. The van der Waals surface area contributed by atoms with Crippen molar-refractivity contribution in [2.24, 2.45) is 0 Å². The molecule has 0 bridgehead atoms. The van der Waals surface area contributed by atoms with Crippen molar-refractivity contribution in [3.63, 3.8) is 0 Å². The Balaban J connectivity index is 2.01. The normalized spacial score (nSPS) is 14.6. The lowest BCUT2D eigenvalue weighted by atomic mass is 9.77. The van der Waals surface area contributed by atoms with Crippen molar-refractivity contribution in [2.45, 2.75) is 70.7 Å². The monoisotopic (exact) mass is 634 g/mol. The molecular formula is C36H47N2O6P. The highest BCUT2D eigenvalue weighted by atomic mass is 31.2. The van der Waals surface area contributed by atoms with Gasteiger partial charge in [0.2, 0.25) is 0 Å². The first-order chi connectivity index (χ1) is 21.8. The summed E-state index contributed by atoms with van der Waals surface area (Å²) in [5.74, 6) is 4.09. The van der Waals surface area contributed by atoms with E-state index in [0.717, 1.165) is 41.0 Å². The van der Waals surface area contributed by atoms with Gasteiger partial charge >= 0.3 is 0 Å². The van der Waals surface area contributed by atoms with Crippen LogP contribution in [-0.2, 0) is 24.1 Å². The second kappa shape index (κ2) is 18.7. The van der Waals surface area contributed by atoms with E-state index < -0.39 is 20.2 Å². The molecule has 2 atom stereocenters. The molecule has 45 heavy (non-hydrogen) atoms. The molecule has 1 aliphatic rings. The molecule has 0 radical (unpaired) electrons. The van der Waals surface area contributed by atoms with Crippen LogP contribution in [0.1, 0.15) is 58.1 Å². The van der Waals surface area contributed by atoms with E-state index in [-0.39, 0.29) is 44.9 Å². The van der Waals surface area contributed by atoms with E-state index in [9.17, 15) is 0 Å². The lowest BCUT2D eigenvalue weighted by Gasteiger charge is -2.39. The minimum Gasteiger partial charge on any atom is -0.497 e. The number of hydrogen-bond donors (Lipinski definition) is 0. The number of methoxy groups -OCH3 is 2. The molecule has 3 rings (SSSR count). The van der Waals surface area contributed by atoms with Gasteiger partial charge in [0.25, 0.3) is 8.53 Å². The molecule has 0 aliphatic heterocycles. The van der Waals surface area contributed by atoms with Gasteiger partial charge in [-0.1, -0.05) is 48.4 Å². The van der Waals surface area contributed by atoms with Crippen LogP contribution >= 0.6 is 8.53 Å². The van der Waals surface area contributed by atoms with Gasteiger partial charge in [0, 0.05) is 12.1 Å². The quantitative estimate of drug-likeness (QED) is 0.0890. The predicted molar refractivity (Wildman–Crippen MR) is 179 cm³/mol. The van der Waals surface area contributed by atoms with Crippen molar-refractivity contribution in [1.29, 1.82) is 5.26 Å². The van der Waals surface area contributed by atoms with E-state index in [1.165, 1.54) is 0 Å². The Morgan fingerprint density at radius 3 is 1.96 bits per heavy atom. The SMILES string of the molecule is C#CCOC(COP(OCCC#N)N(C(C)C)C(C)C)COC(C1=CCCC=C1)(c1ccc(OC)cc1)c1ccc(OC)cc1. The van der Waals surface area contributed by atoms with Gasteiger partial charge in [-0.15, -0.1) is 6.42 Å². The van der Waals surface area contributed by atoms with Crippen molar-refractivity contribution in [2.75, 3.05) is 40.6 Å². The number of terminal acetylenes is 1. The highest BCUT2D eigenvalue weighted by Gasteiger charge is 2.40. The smallest absolute Gasteiger partial charge is 0.259 e. The highest BCUT2D eigenvalue weighted by molar-refractivity contribution is 7.44. The second-order valence-electron chi connectivity index (χ2n) is 11.1. The van der Waals surface area contributed by atoms with E-state index in [1.54, 1.807) is 14.2 Å². The Kier molecular flexibility index (Phi) is 15.1. The maximum absolute atomic E-state index is 9.10. The Bertz CT molecular complexity index is 1260. The summed E-state index contributed by atoms with van der Waals surface area (Å²) in [6.45, 7) is 9.15. The molecule has 0 amide bonds. The lowest BCUT2D eigenvalue weighted by Crippen LogP contribution is -2.39. The average molecular weight is 635 g/mol. The van der Waals surface area contributed by atoms with Crippen LogP contribution in [0.4, 0.5) is 0 Å². The molecular weight excluding hydrogens is 587 g/mol. The Hall–Kier alpha value is -3.20. The molecule has 9 heteroatoms. The zero-order valence-corrected chi connectivity index (χ0v) is 28.3. The first-order valence-corrected chi connectivity index (χ1v) is 16.5. The van der Waals surface area contributed by atoms with Gasteiger partial charge in [-0.2, -0.15) is 5.26 Å². The van der Waals surface area contributed by atoms with E-state index in [2.05, 4.69) is 62.6 Å². The standard InChI is InChI=1S/C36H47N2O6P/c1-8-24-41-35(27-44-45(43-25-12-23-37)38(28(2)3)29(4)5)26-42-36(30-13-10-9-11-14-30,31-15-19-33(39-6)20-16-31)32-17-21-34(40-7)22-18-32/h1,10,13-22,28-29,35H,9,11-12,24-27H2,2-7H3. The summed E-state index contributed by atoms with van der Waals surface area (Å²) in [4.78, 5) is 0. The minimum absolute atomic E-state index is 0.101. The second-order valence-corrected chi connectivity index (χ2v) is 12.5. The van der Waals surface area contributed by atoms with Gasteiger partial charge in [-0.05, 0) is 81.5 Å². The number of benzene rings is 2. The number of nitrogens with zero attached hydrogens (tertiary/aromatic N) is 2. The molecule has 242 valence electrons. The summed E-state index contributed by atoms with van der Waals surface area (Å²) in [7, 11) is 1.84. The maximum atomic E-state index is 9.10. The van der Waals surface area contributed by atoms with Gasteiger partial charge in [0.1, 0.15) is 29.8 Å². The Labute approximate surface area is 270 Å². The van der Waals surface area contributed by atoms with Crippen molar-refractivity contribution < 1.29 is 28.0 Å². The van der Waals surface area contributed by atoms with Crippen LogP contribution in [0.5, 0.6) is 11.5 Å². The molecule has 2 aromatic rings. The van der Waals surface area contributed by atoms with Crippen LogP contribution in [0.15, 0.2) is 72.3 Å². The zero-order valence-electron chi connectivity index (χ0n) is 27.4. The summed E-state index contributed by atoms with van der Waals surface area (Å²) in [6.07, 6.45) is 13.8. The van der Waals surface area contributed by atoms with Crippen molar-refractivity contribution in [3.05, 3.63) is 83.5 Å². The molecule has 2 unspecified atom stereocenters. The van der Waals surface area contributed by atoms with Crippen LogP contribution in [-0.4, -0.2) is 63.5 Å². The summed E-state index contributed by atoms with van der Waals surface area (Å²) in [5, 5.41) is 9.10. The number of hydrogen-bond acceptors (Lipinski definition) is 8. The summed E-state index contributed by atoms with van der Waals surface area (Å²) in [6, 6.07) is 18.4. The first kappa shape index (κ1) is 36.3. The number of allylic oxidation sites excluding steroid dienone is 2. The average Bonchev–Trinajstić information content (AvgIpc) is 3.06. The molecule has 0 saturated carbocycles. The molecule has 0 heterocycles. The van der Waals surface area contributed by atoms with Gasteiger partial charge in [-0.25, -0.2) is 4.67 Å². The van der Waals surface area contributed by atoms with Crippen LogP contribution in [0, 0.1) is 23.7 Å². The largest absolute Gasteiger partial charge is 0.497 e. The summed E-state index contributed by atoms with van der Waals surface area (Å²) < 4.78 is 38.9. The van der Waals surface area contributed by atoms with E-state index in [0.29, 0.717) is 0 Å². The molecule has 1 aliphatic carbocycles. The number of ether oxygens (including phenoxy) is 4.